The average molecular weight is 325 g/mol. The lowest BCUT2D eigenvalue weighted by molar-refractivity contribution is -0.139. The highest BCUT2D eigenvalue weighted by molar-refractivity contribution is 6.33. The summed E-state index contributed by atoms with van der Waals surface area (Å²) in [6.45, 7) is 0.997. The average Bonchev–Trinajstić information content (AvgIpc) is 2.77. The fourth-order valence-electron chi connectivity index (χ4n) is 2.80. The van der Waals surface area contributed by atoms with Crippen molar-refractivity contribution < 1.29 is 14.0 Å². The van der Waals surface area contributed by atoms with Crippen LogP contribution in [0.3, 0.4) is 0 Å². The van der Waals surface area contributed by atoms with Gasteiger partial charge in [-0.1, -0.05) is 30.3 Å². The van der Waals surface area contributed by atoms with Crippen LogP contribution in [0, 0.1) is 0 Å². The van der Waals surface area contributed by atoms with Gasteiger partial charge in [-0.15, -0.1) is 12.4 Å². The Hall–Kier alpha value is -1.72. The number of hydrogen-bond acceptors (Lipinski definition) is 3. The summed E-state index contributed by atoms with van der Waals surface area (Å²) in [6.07, 6.45) is 1.96. The number of nitrogens with zero attached hydrogens (tertiary/aromatic N) is 1. The maximum atomic E-state index is 14.7. The van der Waals surface area contributed by atoms with Crippen LogP contribution in [0.4, 0.5) is 4.39 Å². The van der Waals surface area contributed by atoms with Gasteiger partial charge in [0.15, 0.2) is 0 Å². The van der Waals surface area contributed by atoms with Crippen molar-refractivity contribution in [1.82, 2.24) is 10.2 Å². The molecule has 0 unspecified atom stereocenters. The van der Waals surface area contributed by atoms with Gasteiger partial charge >= 0.3 is 0 Å². The summed E-state index contributed by atoms with van der Waals surface area (Å²) >= 11 is 0. The first kappa shape index (κ1) is 16.6. The van der Waals surface area contributed by atoms with E-state index in [1.807, 2.05) is 6.07 Å². The maximum absolute atomic E-state index is 14.7. The van der Waals surface area contributed by atoms with E-state index in [9.17, 15) is 14.0 Å². The Kier molecular flexibility index (Phi) is 4.98. The van der Waals surface area contributed by atoms with Crippen LogP contribution >= 0.6 is 12.4 Å². The monoisotopic (exact) mass is 324 g/mol. The molecule has 0 aromatic heterocycles. The standard InChI is InChI=1S/C16H17FN2O2.ClH/c17-16(6-8-18-9-7-16)11-19-14(20)10-13(15(19)21)12-4-2-1-3-5-12;/h1-5,10,18H,6-9,11H2;1H. The molecular weight excluding hydrogens is 307 g/mol. The second kappa shape index (κ2) is 6.58. The number of halogens is 2. The molecule has 0 saturated carbocycles. The van der Waals surface area contributed by atoms with Gasteiger partial charge in [-0.2, -0.15) is 0 Å². The van der Waals surface area contributed by atoms with Gasteiger partial charge in [0.2, 0.25) is 0 Å². The van der Waals surface area contributed by atoms with Crippen LogP contribution in [0.2, 0.25) is 0 Å². The van der Waals surface area contributed by atoms with Crippen LogP contribution in [0.25, 0.3) is 5.57 Å². The summed E-state index contributed by atoms with van der Waals surface area (Å²) in [6, 6.07) is 9.00. The molecule has 2 aliphatic rings. The lowest BCUT2D eigenvalue weighted by Crippen LogP contribution is -2.48. The van der Waals surface area contributed by atoms with E-state index in [4.69, 9.17) is 0 Å². The molecule has 6 heteroatoms. The molecule has 1 fully saturated rings. The van der Waals surface area contributed by atoms with Crippen molar-refractivity contribution in [3.63, 3.8) is 0 Å². The number of benzene rings is 1. The van der Waals surface area contributed by atoms with Gasteiger partial charge in [-0.3, -0.25) is 14.5 Å². The minimum Gasteiger partial charge on any atom is -0.316 e. The molecule has 2 aliphatic heterocycles. The van der Waals surface area contributed by atoms with E-state index in [0.29, 0.717) is 37.1 Å². The number of rotatable bonds is 3. The number of carbonyl (C=O) groups is 2. The van der Waals surface area contributed by atoms with Crippen molar-refractivity contribution in [1.29, 1.82) is 0 Å². The van der Waals surface area contributed by atoms with Gasteiger partial charge < -0.3 is 5.32 Å². The summed E-state index contributed by atoms with van der Waals surface area (Å²) in [5, 5.41) is 3.08. The predicted octanol–water partition coefficient (Wildman–Crippen LogP) is 1.95. The molecule has 0 radical (unpaired) electrons. The van der Waals surface area contributed by atoms with Gasteiger partial charge in [0, 0.05) is 6.08 Å². The molecule has 3 rings (SSSR count). The van der Waals surface area contributed by atoms with Crippen LogP contribution in [0.1, 0.15) is 18.4 Å². The first-order valence-electron chi connectivity index (χ1n) is 7.12. The molecule has 1 N–H and O–H groups in total. The maximum Gasteiger partial charge on any atom is 0.261 e. The Morgan fingerprint density at radius 2 is 1.77 bits per heavy atom. The summed E-state index contributed by atoms with van der Waals surface area (Å²) in [5.41, 5.74) is -0.439. The van der Waals surface area contributed by atoms with E-state index in [-0.39, 0.29) is 19.0 Å². The van der Waals surface area contributed by atoms with E-state index in [1.54, 1.807) is 24.3 Å². The predicted molar refractivity (Wildman–Crippen MR) is 84.3 cm³/mol. The van der Waals surface area contributed by atoms with Crippen LogP contribution < -0.4 is 5.32 Å². The van der Waals surface area contributed by atoms with Crippen LogP contribution in [0.15, 0.2) is 36.4 Å². The minimum absolute atomic E-state index is 0. The third kappa shape index (κ3) is 3.20. The third-order valence-corrected chi connectivity index (χ3v) is 4.04. The van der Waals surface area contributed by atoms with Crippen molar-refractivity contribution in [3.8, 4) is 0 Å². The zero-order valence-electron chi connectivity index (χ0n) is 12.0. The fourth-order valence-corrected chi connectivity index (χ4v) is 2.80. The number of hydrogen-bond donors (Lipinski definition) is 1. The van der Waals surface area contributed by atoms with Crippen molar-refractivity contribution in [2.24, 2.45) is 0 Å². The number of carbonyl (C=O) groups excluding carboxylic acids is 2. The topological polar surface area (TPSA) is 49.4 Å². The van der Waals surface area contributed by atoms with Crippen molar-refractivity contribution in [2.75, 3.05) is 19.6 Å². The van der Waals surface area contributed by atoms with Gasteiger partial charge in [-0.05, 0) is 31.5 Å². The number of imide groups is 1. The molecule has 1 aromatic rings. The minimum atomic E-state index is -1.48. The zero-order valence-corrected chi connectivity index (χ0v) is 12.9. The van der Waals surface area contributed by atoms with Crippen molar-refractivity contribution in [2.45, 2.75) is 18.5 Å². The quantitative estimate of drug-likeness (QED) is 0.865. The number of alkyl halides is 1. The molecule has 2 amide bonds. The highest BCUT2D eigenvalue weighted by Crippen LogP contribution is 2.29. The van der Waals surface area contributed by atoms with Crippen LogP contribution in [-0.4, -0.2) is 42.0 Å². The summed E-state index contributed by atoms with van der Waals surface area (Å²) in [5.74, 6) is -0.823. The Bertz CT molecular complexity index is 597. The fraction of sp³-hybridized carbons (Fsp3) is 0.375. The first-order valence-corrected chi connectivity index (χ1v) is 7.12. The molecule has 1 aromatic carbocycles. The number of amides is 2. The molecule has 22 heavy (non-hydrogen) atoms. The van der Waals surface area contributed by atoms with Gasteiger partial charge in [-0.25, -0.2) is 4.39 Å². The van der Waals surface area contributed by atoms with E-state index >= 15 is 0 Å². The molecule has 4 nitrogen and oxygen atoms in total. The van der Waals surface area contributed by atoms with Gasteiger partial charge in [0.1, 0.15) is 5.67 Å². The number of nitrogens with one attached hydrogen (secondary N) is 1. The summed E-state index contributed by atoms with van der Waals surface area (Å²) in [4.78, 5) is 25.5. The molecule has 118 valence electrons. The van der Waals surface area contributed by atoms with E-state index < -0.39 is 17.5 Å². The molecule has 0 bridgehead atoms. The Morgan fingerprint density at radius 3 is 2.41 bits per heavy atom. The largest absolute Gasteiger partial charge is 0.316 e. The summed E-state index contributed by atoms with van der Waals surface area (Å²) in [7, 11) is 0. The van der Waals surface area contributed by atoms with Gasteiger partial charge in [0.05, 0.1) is 12.1 Å². The van der Waals surface area contributed by atoms with E-state index in [0.717, 1.165) is 4.90 Å². The smallest absolute Gasteiger partial charge is 0.261 e. The van der Waals surface area contributed by atoms with Crippen molar-refractivity contribution in [3.05, 3.63) is 42.0 Å². The molecule has 1 saturated heterocycles. The Morgan fingerprint density at radius 1 is 1.14 bits per heavy atom. The highest BCUT2D eigenvalue weighted by atomic mass is 35.5. The number of piperidine rings is 1. The zero-order chi connectivity index (χ0) is 14.9. The van der Waals surface area contributed by atoms with E-state index in [1.165, 1.54) is 6.08 Å². The highest BCUT2D eigenvalue weighted by Gasteiger charge is 2.40. The van der Waals surface area contributed by atoms with Crippen LogP contribution in [-0.2, 0) is 9.59 Å². The molecule has 0 spiro atoms. The second-order valence-electron chi connectivity index (χ2n) is 5.55. The lowest BCUT2D eigenvalue weighted by atomic mass is 9.94. The molecule has 0 atom stereocenters. The molecule has 2 heterocycles. The van der Waals surface area contributed by atoms with Crippen molar-refractivity contribution >= 4 is 29.8 Å². The molecular formula is C16H18ClFN2O2. The third-order valence-electron chi connectivity index (χ3n) is 4.04. The summed E-state index contributed by atoms with van der Waals surface area (Å²) < 4.78 is 14.7. The van der Waals surface area contributed by atoms with E-state index in [2.05, 4.69) is 5.32 Å². The van der Waals surface area contributed by atoms with Crippen LogP contribution in [0.5, 0.6) is 0 Å². The Labute approximate surface area is 134 Å². The lowest BCUT2D eigenvalue weighted by Gasteiger charge is -2.32. The molecule has 0 aliphatic carbocycles. The SMILES string of the molecule is Cl.O=C1C=C(c2ccccc2)C(=O)N1CC1(F)CCNCC1. The Balaban J connectivity index is 0.00000176. The first-order chi connectivity index (χ1) is 10.1. The van der Waals surface area contributed by atoms with Gasteiger partial charge in [0.25, 0.3) is 11.8 Å². The second-order valence-corrected chi connectivity index (χ2v) is 5.55. The normalized spacial score (nSPS) is 20.6.